The van der Waals surface area contributed by atoms with Gasteiger partial charge in [-0.15, -0.1) is 0 Å². The van der Waals surface area contributed by atoms with Crippen LogP contribution in [0, 0.1) is 17.6 Å². The molecule has 1 aromatic rings. The van der Waals surface area contributed by atoms with E-state index in [0.29, 0.717) is 12.5 Å². The molecule has 0 radical (unpaired) electrons. The minimum absolute atomic E-state index is 0.0714. The summed E-state index contributed by atoms with van der Waals surface area (Å²) in [6, 6.07) is 2.23. The van der Waals surface area contributed by atoms with Crippen molar-refractivity contribution in [2.45, 2.75) is 32.7 Å². The summed E-state index contributed by atoms with van der Waals surface area (Å²) in [6.07, 6.45) is 0.155. The summed E-state index contributed by atoms with van der Waals surface area (Å²) in [5, 5.41) is 2.52. The van der Waals surface area contributed by atoms with Crippen molar-refractivity contribution in [1.82, 2.24) is 5.32 Å². The van der Waals surface area contributed by atoms with Crippen LogP contribution in [-0.4, -0.2) is 25.0 Å². The first-order valence-corrected chi connectivity index (χ1v) is 6.64. The maximum atomic E-state index is 13.5. The standard InChI is InChI=1S/C15H19F2NO3/c1-9(2)6-13(15(20)21-3)18-14(19)7-10-4-5-11(16)8-12(10)17/h4-5,8-9,13H,6-7H2,1-3H3,(H,18,19). The van der Waals surface area contributed by atoms with Crippen LogP contribution in [0.2, 0.25) is 0 Å². The number of hydrogen-bond acceptors (Lipinski definition) is 3. The first-order chi connectivity index (χ1) is 9.83. The van der Waals surface area contributed by atoms with E-state index in [1.165, 1.54) is 13.2 Å². The van der Waals surface area contributed by atoms with Gasteiger partial charge in [-0.3, -0.25) is 4.79 Å². The molecule has 0 aliphatic rings. The number of amides is 1. The van der Waals surface area contributed by atoms with Gasteiger partial charge in [0, 0.05) is 6.07 Å². The number of carbonyl (C=O) groups is 2. The number of nitrogens with one attached hydrogen (secondary N) is 1. The number of carbonyl (C=O) groups excluding carboxylic acids is 2. The average molecular weight is 299 g/mol. The molecule has 1 atom stereocenters. The van der Waals surface area contributed by atoms with Gasteiger partial charge in [0.15, 0.2) is 0 Å². The fourth-order valence-corrected chi connectivity index (χ4v) is 1.91. The lowest BCUT2D eigenvalue weighted by molar-refractivity contribution is -0.145. The monoisotopic (exact) mass is 299 g/mol. The molecule has 0 bridgehead atoms. The van der Waals surface area contributed by atoms with Gasteiger partial charge >= 0.3 is 5.97 Å². The van der Waals surface area contributed by atoms with E-state index in [1.807, 2.05) is 13.8 Å². The molecule has 1 amide bonds. The number of benzene rings is 1. The van der Waals surface area contributed by atoms with E-state index in [9.17, 15) is 18.4 Å². The highest BCUT2D eigenvalue weighted by atomic mass is 19.1. The van der Waals surface area contributed by atoms with Crippen LogP contribution >= 0.6 is 0 Å². The summed E-state index contributed by atoms with van der Waals surface area (Å²) in [4.78, 5) is 23.5. The Kier molecular flexibility index (Phi) is 6.27. The maximum absolute atomic E-state index is 13.5. The van der Waals surface area contributed by atoms with Crippen molar-refractivity contribution in [2.75, 3.05) is 7.11 Å². The summed E-state index contributed by atoms with van der Waals surface area (Å²) < 4.78 is 30.9. The van der Waals surface area contributed by atoms with Gasteiger partial charge in [-0.25, -0.2) is 13.6 Å². The third kappa shape index (κ3) is 5.49. The number of ether oxygens (including phenoxy) is 1. The van der Waals surface area contributed by atoms with E-state index in [2.05, 4.69) is 10.1 Å². The van der Waals surface area contributed by atoms with Crippen LogP contribution in [0.5, 0.6) is 0 Å². The Labute approximate surface area is 122 Å². The molecule has 1 unspecified atom stereocenters. The molecule has 1 aromatic carbocycles. The lowest BCUT2D eigenvalue weighted by Gasteiger charge is -2.18. The second-order valence-corrected chi connectivity index (χ2v) is 5.19. The van der Waals surface area contributed by atoms with E-state index in [-0.39, 0.29) is 17.9 Å². The fraction of sp³-hybridized carbons (Fsp3) is 0.467. The average Bonchev–Trinajstić information content (AvgIpc) is 2.39. The largest absolute Gasteiger partial charge is 0.467 e. The van der Waals surface area contributed by atoms with E-state index < -0.39 is 29.6 Å². The Hall–Kier alpha value is -1.98. The van der Waals surface area contributed by atoms with Crippen molar-refractivity contribution >= 4 is 11.9 Å². The number of rotatable bonds is 6. The van der Waals surface area contributed by atoms with E-state index in [0.717, 1.165) is 6.07 Å². The Morgan fingerprint density at radius 1 is 1.29 bits per heavy atom. The normalized spacial score (nSPS) is 12.1. The number of halogens is 2. The highest BCUT2D eigenvalue weighted by molar-refractivity contribution is 5.85. The quantitative estimate of drug-likeness (QED) is 0.819. The Bertz CT molecular complexity index is 518. The second-order valence-electron chi connectivity index (χ2n) is 5.19. The summed E-state index contributed by atoms with van der Waals surface area (Å²) in [5.41, 5.74) is 0.0714. The SMILES string of the molecule is COC(=O)C(CC(C)C)NC(=O)Cc1ccc(F)cc1F. The second kappa shape index (κ2) is 7.71. The van der Waals surface area contributed by atoms with Crippen LogP contribution < -0.4 is 5.32 Å². The van der Waals surface area contributed by atoms with Gasteiger partial charge in [-0.1, -0.05) is 19.9 Å². The molecule has 116 valence electrons. The smallest absolute Gasteiger partial charge is 0.328 e. The topological polar surface area (TPSA) is 55.4 Å². The number of esters is 1. The molecule has 0 aromatic heterocycles. The highest BCUT2D eigenvalue weighted by Crippen LogP contribution is 2.11. The number of hydrogen-bond donors (Lipinski definition) is 1. The number of methoxy groups -OCH3 is 1. The van der Waals surface area contributed by atoms with Crippen molar-refractivity contribution in [3.63, 3.8) is 0 Å². The molecule has 1 N–H and O–H groups in total. The fourth-order valence-electron chi connectivity index (χ4n) is 1.91. The van der Waals surface area contributed by atoms with Gasteiger partial charge in [0.2, 0.25) is 5.91 Å². The van der Waals surface area contributed by atoms with Crippen LogP contribution in [0.15, 0.2) is 18.2 Å². The maximum Gasteiger partial charge on any atom is 0.328 e. The van der Waals surface area contributed by atoms with Crippen LogP contribution in [-0.2, 0) is 20.7 Å². The van der Waals surface area contributed by atoms with Crippen LogP contribution in [0.1, 0.15) is 25.8 Å². The minimum atomic E-state index is -0.788. The molecule has 4 nitrogen and oxygen atoms in total. The van der Waals surface area contributed by atoms with Crippen LogP contribution in [0.25, 0.3) is 0 Å². The predicted octanol–water partition coefficient (Wildman–Crippen LogP) is 2.21. The van der Waals surface area contributed by atoms with Gasteiger partial charge < -0.3 is 10.1 Å². The van der Waals surface area contributed by atoms with Crippen LogP contribution in [0.3, 0.4) is 0 Å². The van der Waals surface area contributed by atoms with Crippen molar-refractivity contribution in [3.05, 3.63) is 35.4 Å². The summed E-state index contributed by atoms with van der Waals surface area (Å²) in [6.45, 7) is 3.81. The Morgan fingerprint density at radius 2 is 1.95 bits per heavy atom. The molecule has 0 heterocycles. The molecule has 6 heteroatoms. The van der Waals surface area contributed by atoms with Gasteiger partial charge in [0.05, 0.1) is 13.5 Å². The van der Waals surface area contributed by atoms with Crippen LogP contribution in [0.4, 0.5) is 8.78 Å². The summed E-state index contributed by atoms with van der Waals surface area (Å²) in [7, 11) is 1.24. The van der Waals surface area contributed by atoms with E-state index >= 15 is 0 Å². The zero-order valence-corrected chi connectivity index (χ0v) is 12.3. The Balaban J connectivity index is 2.71. The lowest BCUT2D eigenvalue weighted by Crippen LogP contribution is -2.43. The zero-order chi connectivity index (χ0) is 16.0. The van der Waals surface area contributed by atoms with Gasteiger partial charge in [-0.2, -0.15) is 0 Å². The van der Waals surface area contributed by atoms with Gasteiger partial charge in [-0.05, 0) is 24.0 Å². The Morgan fingerprint density at radius 3 is 2.48 bits per heavy atom. The minimum Gasteiger partial charge on any atom is -0.467 e. The van der Waals surface area contributed by atoms with Crippen molar-refractivity contribution in [2.24, 2.45) is 5.92 Å². The molecule has 0 saturated heterocycles. The third-order valence-corrected chi connectivity index (χ3v) is 2.89. The third-order valence-electron chi connectivity index (χ3n) is 2.89. The lowest BCUT2D eigenvalue weighted by atomic mass is 10.0. The molecule has 1 rings (SSSR count). The molecule has 0 fully saturated rings. The molecule has 0 aliphatic heterocycles. The summed E-state index contributed by atoms with van der Waals surface area (Å²) in [5.74, 6) is -2.38. The molecule has 0 aliphatic carbocycles. The molecular formula is C15H19F2NO3. The van der Waals surface area contributed by atoms with Crippen molar-refractivity contribution < 1.29 is 23.1 Å². The van der Waals surface area contributed by atoms with Crippen molar-refractivity contribution in [1.29, 1.82) is 0 Å². The van der Waals surface area contributed by atoms with E-state index in [1.54, 1.807) is 0 Å². The zero-order valence-electron chi connectivity index (χ0n) is 12.3. The molecule has 0 saturated carbocycles. The van der Waals surface area contributed by atoms with E-state index in [4.69, 9.17) is 0 Å². The molecule has 0 spiro atoms. The molecular weight excluding hydrogens is 280 g/mol. The van der Waals surface area contributed by atoms with Crippen molar-refractivity contribution in [3.8, 4) is 0 Å². The van der Waals surface area contributed by atoms with Gasteiger partial charge in [0.1, 0.15) is 17.7 Å². The van der Waals surface area contributed by atoms with Gasteiger partial charge in [0.25, 0.3) is 0 Å². The predicted molar refractivity (Wildman–Crippen MR) is 73.5 cm³/mol. The summed E-state index contributed by atoms with van der Waals surface area (Å²) >= 11 is 0. The first-order valence-electron chi connectivity index (χ1n) is 6.64. The first kappa shape index (κ1) is 17.1. The molecule has 21 heavy (non-hydrogen) atoms. The highest BCUT2D eigenvalue weighted by Gasteiger charge is 2.23.